The zero-order valence-electron chi connectivity index (χ0n) is 11.3. The van der Waals surface area contributed by atoms with Crippen LogP contribution in [0.1, 0.15) is 24.8 Å². The highest BCUT2D eigenvalue weighted by atomic mass is 14.9. The van der Waals surface area contributed by atoms with Crippen LogP contribution in [0.5, 0.6) is 0 Å². The summed E-state index contributed by atoms with van der Waals surface area (Å²) in [5.74, 6) is 0. The first-order chi connectivity index (χ1) is 9.42. The Labute approximate surface area is 115 Å². The Bertz CT molecular complexity index is 512. The predicted molar refractivity (Wildman–Crippen MR) is 81.2 cm³/mol. The molecule has 0 aliphatic carbocycles. The van der Waals surface area contributed by atoms with E-state index < -0.39 is 0 Å². The summed E-state index contributed by atoms with van der Waals surface area (Å²) in [5.41, 5.74) is 4.08. The van der Waals surface area contributed by atoms with Gasteiger partial charge >= 0.3 is 0 Å². The highest BCUT2D eigenvalue weighted by molar-refractivity contribution is 5.63. The fourth-order valence-corrected chi connectivity index (χ4v) is 2.89. The number of rotatable bonds is 3. The van der Waals surface area contributed by atoms with Gasteiger partial charge in [-0.2, -0.15) is 0 Å². The van der Waals surface area contributed by atoms with E-state index in [0.717, 1.165) is 6.42 Å². The third-order valence-corrected chi connectivity index (χ3v) is 3.93. The van der Waals surface area contributed by atoms with Crippen molar-refractivity contribution >= 4 is 0 Å². The molecule has 2 aromatic carbocycles. The van der Waals surface area contributed by atoms with Crippen molar-refractivity contribution in [3.05, 3.63) is 60.2 Å². The van der Waals surface area contributed by atoms with E-state index >= 15 is 0 Å². The molecule has 98 valence electrons. The molecule has 19 heavy (non-hydrogen) atoms. The Hall–Kier alpha value is -1.60. The number of hydrogen-bond acceptors (Lipinski definition) is 1. The molecular weight excluding hydrogens is 230 g/mol. The minimum Gasteiger partial charge on any atom is -0.314 e. The van der Waals surface area contributed by atoms with E-state index in [1.807, 2.05) is 0 Å². The summed E-state index contributed by atoms with van der Waals surface area (Å²) >= 11 is 0. The molecule has 1 aliphatic rings. The molecule has 1 atom stereocenters. The quantitative estimate of drug-likeness (QED) is 0.868. The maximum absolute atomic E-state index is 3.63. The van der Waals surface area contributed by atoms with Crippen LogP contribution in [-0.2, 0) is 6.42 Å². The number of piperidine rings is 1. The lowest BCUT2D eigenvalue weighted by atomic mass is 9.95. The van der Waals surface area contributed by atoms with Crippen LogP contribution in [0.15, 0.2) is 54.6 Å². The monoisotopic (exact) mass is 251 g/mol. The Balaban J connectivity index is 1.76. The van der Waals surface area contributed by atoms with Gasteiger partial charge in [-0.05, 0) is 42.5 Å². The third kappa shape index (κ3) is 3.24. The number of hydrogen-bond donors (Lipinski definition) is 1. The second-order valence-electron chi connectivity index (χ2n) is 5.42. The van der Waals surface area contributed by atoms with Gasteiger partial charge in [-0.25, -0.2) is 0 Å². The summed E-state index contributed by atoms with van der Waals surface area (Å²) in [6.45, 7) is 1.18. The first-order valence-corrected chi connectivity index (χ1v) is 7.29. The number of nitrogens with one attached hydrogen (secondary N) is 1. The summed E-state index contributed by atoms with van der Waals surface area (Å²) in [6, 6.07) is 20.3. The molecule has 0 aromatic heterocycles. The second kappa shape index (κ2) is 6.03. The predicted octanol–water partition coefficient (Wildman–Crippen LogP) is 4.04. The van der Waals surface area contributed by atoms with Crippen LogP contribution < -0.4 is 5.32 Å². The van der Waals surface area contributed by atoms with E-state index in [-0.39, 0.29) is 0 Å². The SMILES string of the molecule is c1ccc(-c2cccc(CC3CCCCN3)c2)cc1. The standard InChI is InChI=1S/C18H21N/c1-2-8-16(9-3-1)17-10-6-7-15(13-17)14-18-11-4-5-12-19-18/h1-3,6-10,13,18-19H,4-5,11-12,14H2. The highest BCUT2D eigenvalue weighted by Crippen LogP contribution is 2.21. The van der Waals surface area contributed by atoms with E-state index in [2.05, 4.69) is 59.9 Å². The van der Waals surface area contributed by atoms with Crippen LogP contribution in [0.2, 0.25) is 0 Å². The van der Waals surface area contributed by atoms with Crippen molar-refractivity contribution in [2.45, 2.75) is 31.7 Å². The van der Waals surface area contributed by atoms with Crippen molar-refractivity contribution in [3.63, 3.8) is 0 Å². The van der Waals surface area contributed by atoms with Gasteiger partial charge in [0, 0.05) is 6.04 Å². The Morgan fingerprint density at radius 3 is 2.53 bits per heavy atom. The summed E-state index contributed by atoms with van der Waals surface area (Å²) in [7, 11) is 0. The lowest BCUT2D eigenvalue weighted by Gasteiger charge is -2.23. The third-order valence-electron chi connectivity index (χ3n) is 3.93. The van der Waals surface area contributed by atoms with Crippen LogP contribution in [0, 0.1) is 0 Å². The fraction of sp³-hybridized carbons (Fsp3) is 0.333. The molecule has 1 saturated heterocycles. The van der Waals surface area contributed by atoms with Crippen molar-refractivity contribution in [1.29, 1.82) is 0 Å². The molecule has 1 unspecified atom stereocenters. The molecule has 1 fully saturated rings. The fourth-order valence-electron chi connectivity index (χ4n) is 2.89. The lowest BCUT2D eigenvalue weighted by Crippen LogP contribution is -2.35. The minimum absolute atomic E-state index is 0.666. The molecule has 1 aliphatic heterocycles. The van der Waals surface area contributed by atoms with E-state index in [0.29, 0.717) is 6.04 Å². The molecule has 0 amide bonds. The van der Waals surface area contributed by atoms with Gasteiger partial charge in [0.15, 0.2) is 0 Å². The van der Waals surface area contributed by atoms with Gasteiger partial charge in [0.2, 0.25) is 0 Å². The first kappa shape index (κ1) is 12.4. The maximum Gasteiger partial charge on any atom is 0.0107 e. The normalized spacial score (nSPS) is 19.3. The van der Waals surface area contributed by atoms with Crippen molar-refractivity contribution < 1.29 is 0 Å². The Morgan fingerprint density at radius 2 is 1.74 bits per heavy atom. The lowest BCUT2D eigenvalue weighted by molar-refractivity contribution is 0.399. The molecule has 2 aromatic rings. The first-order valence-electron chi connectivity index (χ1n) is 7.29. The Morgan fingerprint density at radius 1 is 0.895 bits per heavy atom. The molecule has 0 saturated carbocycles. The van der Waals surface area contributed by atoms with E-state index in [4.69, 9.17) is 0 Å². The number of benzene rings is 2. The van der Waals surface area contributed by atoms with Crippen LogP contribution in [0.25, 0.3) is 11.1 Å². The average Bonchev–Trinajstić information content (AvgIpc) is 2.49. The van der Waals surface area contributed by atoms with Gasteiger partial charge in [-0.3, -0.25) is 0 Å². The molecule has 1 heterocycles. The Kier molecular flexibility index (Phi) is 3.95. The summed E-state index contributed by atoms with van der Waals surface area (Å²) < 4.78 is 0. The largest absolute Gasteiger partial charge is 0.314 e. The molecular formula is C18H21N. The van der Waals surface area contributed by atoms with E-state index in [9.17, 15) is 0 Å². The smallest absolute Gasteiger partial charge is 0.0107 e. The molecule has 3 rings (SSSR count). The minimum atomic E-state index is 0.666. The van der Waals surface area contributed by atoms with Gasteiger partial charge in [0.25, 0.3) is 0 Å². The molecule has 0 bridgehead atoms. The van der Waals surface area contributed by atoms with Crippen molar-refractivity contribution in [1.82, 2.24) is 5.32 Å². The molecule has 1 heteroatoms. The van der Waals surface area contributed by atoms with Crippen molar-refractivity contribution in [2.75, 3.05) is 6.54 Å². The highest BCUT2D eigenvalue weighted by Gasteiger charge is 2.13. The van der Waals surface area contributed by atoms with Gasteiger partial charge < -0.3 is 5.32 Å². The zero-order chi connectivity index (χ0) is 12.9. The van der Waals surface area contributed by atoms with E-state index in [1.54, 1.807) is 0 Å². The topological polar surface area (TPSA) is 12.0 Å². The van der Waals surface area contributed by atoms with E-state index in [1.165, 1.54) is 42.5 Å². The maximum atomic E-state index is 3.63. The summed E-state index contributed by atoms with van der Waals surface area (Å²) in [4.78, 5) is 0. The molecule has 0 spiro atoms. The van der Waals surface area contributed by atoms with Crippen LogP contribution in [0.3, 0.4) is 0 Å². The molecule has 1 N–H and O–H groups in total. The molecule has 1 nitrogen and oxygen atoms in total. The van der Waals surface area contributed by atoms with Crippen molar-refractivity contribution in [3.8, 4) is 11.1 Å². The second-order valence-corrected chi connectivity index (χ2v) is 5.42. The summed E-state index contributed by atoms with van der Waals surface area (Å²) in [6.07, 6.45) is 5.17. The van der Waals surface area contributed by atoms with Crippen LogP contribution >= 0.6 is 0 Å². The van der Waals surface area contributed by atoms with Gasteiger partial charge in [0.1, 0.15) is 0 Å². The van der Waals surface area contributed by atoms with Crippen LogP contribution in [-0.4, -0.2) is 12.6 Å². The average molecular weight is 251 g/mol. The van der Waals surface area contributed by atoms with Gasteiger partial charge in [-0.15, -0.1) is 0 Å². The summed E-state index contributed by atoms with van der Waals surface area (Å²) in [5, 5.41) is 3.63. The van der Waals surface area contributed by atoms with Gasteiger partial charge in [-0.1, -0.05) is 61.0 Å². The van der Waals surface area contributed by atoms with Crippen LogP contribution in [0.4, 0.5) is 0 Å². The zero-order valence-corrected chi connectivity index (χ0v) is 11.3. The van der Waals surface area contributed by atoms with Crippen molar-refractivity contribution in [2.24, 2.45) is 0 Å². The van der Waals surface area contributed by atoms with Gasteiger partial charge in [0.05, 0.1) is 0 Å². The molecule has 0 radical (unpaired) electrons.